The smallest absolute Gasteiger partial charge is 0.337 e. The fraction of sp³-hybridized carbons (Fsp3) is 0.148. The normalized spacial score (nSPS) is 11.2. The lowest BCUT2D eigenvalue weighted by Crippen LogP contribution is -2.17. The van der Waals surface area contributed by atoms with Crippen LogP contribution < -0.4 is 5.43 Å². The van der Waals surface area contributed by atoms with Gasteiger partial charge in [-0.2, -0.15) is 5.10 Å². The number of amides is 1. The number of ether oxygens (including phenoxy) is 1. The summed E-state index contributed by atoms with van der Waals surface area (Å²) in [7, 11) is 1.37. The zero-order valence-electron chi connectivity index (χ0n) is 19.0. The molecule has 1 heterocycles. The fourth-order valence-corrected chi connectivity index (χ4v) is 4.00. The Morgan fingerprint density at radius 2 is 1.64 bits per heavy atom. The highest BCUT2D eigenvalue weighted by Crippen LogP contribution is 2.24. The van der Waals surface area contributed by atoms with Gasteiger partial charge in [-0.05, 0) is 73.5 Å². The van der Waals surface area contributed by atoms with E-state index in [-0.39, 0.29) is 11.9 Å². The van der Waals surface area contributed by atoms with Gasteiger partial charge in [0.2, 0.25) is 0 Å². The molecular weight excluding hydrogens is 414 g/mol. The molecule has 0 atom stereocenters. The first-order chi connectivity index (χ1) is 15.9. The highest BCUT2D eigenvalue weighted by molar-refractivity contribution is 5.99. The Morgan fingerprint density at radius 1 is 0.909 bits per heavy atom. The third kappa shape index (κ3) is 4.41. The predicted octanol–water partition coefficient (Wildman–Crippen LogP) is 5.11. The summed E-state index contributed by atoms with van der Waals surface area (Å²) in [5, 5.41) is 6.27. The van der Waals surface area contributed by atoms with Crippen LogP contribution in [-0.4, -0.2) is 29.8 Å². The van der Waals surface area contributed by atoms with Gasteiger partial charge in [-0.3, -0.25) is 4.79 Å². The molecule has 0 saturated carbocycles. The van der Waals surface area contributed by atoms with Crippen LogP contribution in [0.5, 0.6) is 0 Å². The average molecular weight is 440 g/mol. The molecule has 0 aliphatic rings. The largest absolute Gasteiger partial charge is 0.465 e. The maximum atomic E-state index is 12.5. The fourth-order valence-electron chi connectivity index (χ4n) is 4.00. The third-order valence-corrected chi connectivity index (χ3v) is 5.71. The Bertz CT molecular complexity index is 1400. The van der Waals surface area contributed by atoms with E-state index in [2.05, 4.69) is 15.1 Å². The minimum atomic E-state index is -0.361. The quantitative estimate of drug-likeness (QED) is 0.267. The lowest BCUT2D eigenvalue weighted by Gasteiger charge is -2.13. The lowest BCUT2D eigenvalue weighted by atomic mass is 10.1. The van der Waals surface area contributed by atoms with Gasteiger partial charge in [0, 0.05) is 28.2 Å². The summed E-state index contributed by atoms with van der Waals surface area (Å²) in [6, 6.07) is 21.0. The van der Waals surface area contributed by atoms with Gasteiger partial charge in [0.05, 0.1) is 18.9 Å². The number of fused-ring (bicyclic) bond motifs is 1. The minimum absolute atomic E-state index is 0.264. The Labute approximate surface area is 192 Å². The van der Waals surface area contributed by atoms with E-state index in [0.717, 1.165) is 39.0 Å². The molecule has 0 aliphatic heterocycles. The number of nitrogens with zero attached hydrogens (tertiary/aromatic N) is 2. The molecule has 0 fully saturated rings. The molecule has 6 nitrogen and oxygen atoms in total. The minimum Gasteiger partial charge on any atom is -0.465 e. The highest BCUT2D eigenvalue weighted by atomic mass is 16.5. The van der Waals surface area contributed by atoms with Crippen molar-refractivity contribution in [2.24, 2.45) is 5.10 Å². The van der Waals surface area contributed by atoms with Crippen LogP contribution in [-0.2, 0) is 4.74 Å². The topological polar surface area (TPSA) is 72.7 Å². The predicted molar refractivity (Wildman–Crippen MR) is 130 cm³/mol. The van der Waals surface area contributed by atoms with Crippen LogP contribution in [0.25, 0.3) is 16.5 Å². The zero-order valence-corrected chi connectivity index (χ0v) is 19.0. The molecule has 33 heavy (non-hydrogen) atoms. The summed E-state index contributed by atoms with van der Waals surface area (Å²) in [6.07, 6.45) is 1.65. The van der Waals surface area contributed by atoms with Crippen molar-refractivity contribution < 1.29 is 14.3 Å². The highest BCUT2D eigenvalue weighted by Gasteiger charge is 2.14. The van der Waals surface area contributed by atoms with Crippen molar-refractivity contribution in [2.45, 2.75) is 20.8 Å². The van der Waals surface area contributed by atoms with E-state index in [4.69, 9.17) is 4.74 Å². The van der Waals surface area contributed by atoms with Crippen molar-refractivity contribution >= 4 is 28.9 Å². The van der Waals surface area contributed by atoms with Crippen LogP contribution in [0.1, 0.15) is 43.2 Å². The number of aromatic nitrogens is 1. The number of rotatable bonds is 5. The van der Waals surface area contributed by atoms with E-state index in [0.29, 0.717) is 11.1 Å². The summed E-state index contributed by atoms with van der Waals surface area (Å²) in [4.78, 5) is 24.4. The van der Waals surface area contributed by atoms with Gasteiger partial charge in [0.25, 0.3) is 5.91 Å². The van der Waals surface area contributed by atoms with Crippen LogP contribution >= 0.6 is 0 Å². The average Bonchev–Trinajstić information content (AvgIpc) is 3.10. The summed E-state index contributed by atoms with van der Waals surface area (Å²) in [5.74, 6) is -0.624. The molecule has 0 saturated heterocycles. The third-order valence-electron chi connectivity index (χ3n) is 5.71. The van der Waals surface area contributed by atoms with E-state index >= 15 is 0 Å². The van der Waals surface area contributed by atoms with E-state index in [1.165, 1.54) is 7.11 Å². The van der Waals surface area contributed by atoms with Crippen molar-refractivity contribution in [3.63, 3.8) is 0 Å². The van der Waals surface area contributed by atoms with Gasteiger partial charge >= 0.3 is 5.97 Å². The second-order valence-electron chi connectivity index (χ2n) is 7.92. The van der Waals surface area contributed by atoms with Crippen molar-refractivity contribution in [3.8, 4) is 5.69 Å². The number of methoxy groups -OCH3 is 1. The summed E-state index contributed by atoms with van der Waals surface area (Å²) in [5.41, 5.74) is 8.49. The summed E-state index contributed by atoms with van der Waals surface area (Å²) in [6.45, 7) is 5.96. The molecule has 0 aliphatic carbocycles. The number of carbonyl (C=O) groups excluding carboxylic acids is 2. The van der Waals surface area contributed by atoms with Gasteiger partial charge in [0.1, 0.15) is 0 Å². The number of hydrogen-bond donors (Lipinski definition) is 1. The molecule has 1 N–H and O–H groups in total. The van der Waals surface area contributed by atoms with Crippen LogP contribution in [0.2, 0.25) is 0 Å². The number of benzene rings is 3. The molecule has 166 valence electrons. The number of nitrogens with one attached hydrogen (secondary N) is 1. The van der Waals surface area contributed by atoms with Gasteiger partial charge in [0.15, 0.2) is 0 Å². The standard InChI is InChI=1S/C27H25N3O3/c1-17-13-23(27(32)33-4)11-12-25(17)30-18(2)14-24(19(30)3)16-28-29-26(31)22-10-9-20-7-5-6-8-21(20)15-22/h5-16H,1-4H3,(H,29,31)/b28-16+. The molecule has 1 amide bonds. The van der Waals surface area contributed by atoms with Crippen LogP contribution in [0.4, 0.5) is 0 Å². The summed E-state index contributed by atoms with van der Waals surface area (Å²) >= 11 is 0. The molecule has 3 aromatic carbocycles. The number of esters is 1. The molecular formula is C27H25N3O3. The Balaban J connectivity index is 1.54. The van der Waals surface area contributed by atoms with Crippen molar-refractivity contribution in [1.82, 2.24) is 9.99 Å². The van der Waals surface area contributed by atoms with Gasteiger partial charge in [-0.15, -0.1) is 0 Å². The van der Waals surface area contributed by atoms with Crippen LogP contribution in [0.15, 0.2) is 71.8 Å². The van der Waals surface area contributed by atoms with Gasteiger partial charge in [-0.1, -0.05) is 30.3 Å². The number of carbonyl (C=O) groups is 2. The maximum Gasteiger partial charge on any atom is 0.337 e. The van der Waals surface area contributed by atoms with Crippen LogP contribution in [0, 0.1) is 20.8 Å². The van der Waals surface area contributed by atoms with E-state index in [1.807, 2.05) is 75.4 Å². The van der Waals surface area contributed by atoms with Gasteiger partial charge in [-0.25, -0.2) is 10.2 Å². The zero-order chi connectivity index (χ0) is 23.5. The molecule has 4 rings (SSSR count). The number of hydrazone groups is 1. The summed E-state index contributed by atoms with van der Waals surface area (Å²) < 4.78 is 6.91. The molecule has 0 unspecified atom stereocenters. The first-order valence-corrected chi connectivity index (χ1v) is 10.6. The first-order valence-electron chi connectivity index (χ1n) is 10.6. The van der Waals surface area contributed by atoms with Crippen molar-refractivity contribution in [1.29, 1.82) is 0 Å². The molecule has 0 spiro atoms. The molecule has 0 radical (unpaired) electrons. The molecule has 0 bridgehead atoms. The van der Waals surface area contributed by atoms with E-state index < -0.39 is 0 Å². The van der Waals surface area contributed by atoms with E-state index in [1.54, 1.807) is 18.3 Å². The number of aryl methyl sites for hydroxylation is 2. The monoisotopic (exact) mass is 439 g/mol. The second-order valence-corrected chi connectivity index (χ2v) is 7.92. The first kappa shape index (κ1) is 22.0. The number of hydrogen-bond acceptors (Lipinski definition) is 4. The van der Waals surface area contributed by atoms with Gasteiger partial charge < -0.3 is 9.30 Å². The van der Waals surface area contributed by atoms with Crippen molar-refractivity contribution in [3.05, 3.63) is 100 Å². The molecule has 4 aromatic rings. The Hall–Kier alpha value is -4.19. The van der Waals surface area contributed by atoms with E-state index in [9.17, 15) is 9.59 Å². The van der Waals surface area contributed by atoms with Crippen molar-refractivity contribution in [2.75, 3.05) is 7.11 Å². The molecule has 1 aromatic heterocycles. The maximum absolute atomic E-state index is 12.5. The SMILES string of the molecule is COC(=O)c1ccc(-n2c(C)cc(/C=N/NC(=O)c3ccc4ccccc4c3)c2C)c(C)c1. The van der Waals surface area contributed by atoms with Crippen LogP contribution in [0.3, 0.4) is 0 Å². The lowest BCUT2D eigenvalue weighted by molar-refractivity contribution is 0.0600. The Kier molecular flexibility index (Phi) is 6.09. The molecule has 6 heteroatoms. The Morgan fingerprint density at radius 3 is 2.36 bits per heavy atom. The second kappa shape index (κ2) is 9.12.